The molecule has 0 spiro atoms. The Kier molecular flexibility index (Phi) is 5.86. The van der Waals surface area contributed by atoms with Crippen LogP contribution in [0.3, 0.4) is 0 Å². The van der Waals surface area contributed by atoms with Gasteiger partial charge in [0.1, 0.15) is 0 Å². The lowest BCUT2D eigenvalue weighted by Gasteiger charge is -2.11. The van der Waals surface area contributed by atoms with Crippen LogP contribution in [0.2, 0.25) is 10.0 Å². The van der Waals surface area contributed by atoms with E-state index in [1.807, 2.05) is 31.2 Å². The van der Waals surface area contributed by atoms with E-state index >= 15 is 0 Å². The zero-order valence-corrected chi connectivity index (χ0v) is 16.3. The lowest BCUT2D eigenvalue weighted by atomic mass is 10.1. The number of hydrogen-bond donors (Lipinski definition) is 1. The molecule has 0 fully saturated rings. The van der Waals surface area contributed by atoms with Gasteiger partial charge in [-0.05, 0) is 44.2 Å². The first-order valence-corrected chi connectivity index (χ1v) is 9.39. The number of rotatable bonds is 5. The summed E-state index contributed by atoms with van der Waals surface area (Å²) >= 11 is 13.1. The van der Waals surface area contributed by atoms with Crippen molar-refractivity contribution in [1.29, 1.82) is 0 Å². The highest BCUT2D eigenvalue weighted by Crippen LogP contribution is 2.29. The van der Waals surface area contributed by atoms with Crippen LogP contribution in [0.25, 0.3) is 11.5 Å². The zero-order valence-electron chi connectivity index (χ0n) is 14.0. The van der Waals surface area contributed by atoms with Crippen LogP contribution >= 0.6 is 35.0 Å². The summed E-state index contributed by atoms with van der Waals surface area (Å²) in [5.41, 5.74) is 2.48. The number of nitrogens with one attached hydrogen (secondary N) is 1. The number of aryl methyl sites for hydroxylation is 1. The first-order chi connectivity index (χ1) is 12.4. The summed E-state index contributed by atoms with van der Waals surface area (Å²) in [5, 5.41) is 11.5. The third kappa shape index (κ3) is 4.58. The lowest BCUT2D eigenvalue weighted by molar-refractivity contribution is -0.115. The number of amides is 1. The van der Waals surface area contributed by atoms with Crippen LogP contribution in [0, 0.1) is 6.92 Å². The number of anilines is 1. The highest BCUT2D eigenvalue weighted by atomic mass is 35.5. The Hall–Kier alpha value is -2.02. The van der Waals surface area contributed by atoms with Crippen molar-refractivity contribution < 1.29 is 9.21 Å². The van der Waals surface area contributed by atoms with Crippen LogP contribution in [0.4, 0.5) is 5.69 Å². The van der Waals surface area contributed by atoms with Gasteiger partial charge in [-0.1, -0.05) is 52.7 Å². The average molecular weight is 408 g/mol. The van der Waals surface area contributed by atoms with Crippen molar-refractivity contribution >= 4 is 46.6 Å². The van der Waals surface area contributed by atoms with E-state index in [1.165, 1.54) is 11.8 Å². The largest absolute Gasteiger partial charge is 0.411 e. The van der Waals surface area contributed by atoms with Gasteiger partial charge in [-0.15, -0.1) is 10.2 Å². The third-order valence-corrected chi connectivity index (χ3v) is 5.02. The van der Waals surface area contributed by atoms with Crippen molar-refractivity contribution in [2.45, 2.75) is 24.3 Å². The highest BCUT2D eigenvalue weighted by Gasteiger charge is 2.19. The zero-order chi connectivity index (χ0) is 18.7. The maximum atomic E-state index is 12.4. The number of halogens is 2. The molecule has 0 unspecified atom stereocenters. The van der Waals surface area contributed by atoms with Crippen molar-refractivity contribution in [3.63, 3.8) is 0 Å². The van der Waals surface area contributed by atoms with Gasteiger partial charge in [-0.3, -0.25) is 4.79 Å². The van der Waals surface area contributed by atoms with E-state index in [9.17, 15) is 4.79 Å². The van der Waals surface area contributed by atoms with Gasteiger partial charge in [0.15, 0.2) is 0 Å². The summed E-state index contributed by atoms with van der Waals surface area (Å²) in [7, 11) is 0. The molecule has 0 aliphatic heterocycles. The second-order valence-corrected chi connectivity index (χ2v) is 7.75. The molecule has 0 aliphatic carbocycles. The molecule has 0 saturated heterocycles. The number of carbonyl (C=O) groups excluding carboxylic acids is 1. The molecule has 134 valence electrons. The molecule has 1 N–H and O–H groups in total. The molecule has 5 nitrogen and oxygen atoms in total. The molecule has 1 aromatic heterocycles. The standard InChI is InChI=1S/C18H15Cl2N3O2S/c1-10-3-5-12(6-4-10)17-22-23-18(25-17)26-11(2)16(24)21-15-8-7-13(19)9-14(15)20/h3-9,11H,1-2H3,(H,21,24)/t11-/m1/s1. The molecule has 0 bridgehead atoms. The molecular weight excluding hydrogens is 393 g/mol. The molecule has 26 heavy (non-hydrogen) atoms. The molecule has 1 atom stereocenters. The molecule has 0 saturated carbocycles. The van der Waals surface area contributed by atoms with E-state index in [1.54, 1.807) is 25.1 Å². The van der Waals surface area contributed by atoms with Gasteiger partial charge in [-0.25, -0.2) is 0 Å². The molecule has 0 aliphatic rings. The topological polar surface area (TPSA) is 68.0 Å². The first-order valence-electron chi connectivity index (χ1n) is 7.75. The fourth-order valence-electron chi connectivity index (χ4n) is 2.10. The quantitative estimate of drug-likeness (QED) is 0.567. The number of carbonyl (C=O) groups is 1. The van der Waals surface area contributed by atoms with Crippen molar-refractivity contribution in [3.8, 4) is 11.5 Å². The molecule has 0 radical (unpaired) electrons. The lowest BCUT2D eigenvalue weighted by Crippen LogP contribution is -2.22. The second-order valence-electron chi connectivity index (χ2n) is 5.61. The van der Waals surface area contributed by atoms with Gasteiger partial charge in [0.05, 0.1) is 16.0 Å². The number of nitrogens with zero attached hydrogens (tertiary/aromatic N) is 2. The van der Waals surface area contributed by atoms with Crippen LogP contribution in [-0.2, 0) is 4.79 Å². The Morgan fingerprint density at radius 1 is 1.15 bits per heavy atom. The average Bonchev–Trinajstić information content (AvgIpc) is 3.06. The summed E-state index contributed by atoms with van der Waals surface area (Å²) in [6, 6.07) is 12.7. The van der Waals surface area contributed by atoms with Crippen molar-refractivity contribution in [3.05, 3.63) is 58.1 Å². The van der Waals surface area contributed by atoms with Gasteiger partial charge in [0.25, 0.3) is 5.22 Å². The monoisotopic (exact) mass is 407 g/mol. The molecule has 3 rings (SSSR count). The molecule has 1 heterocycles. The first kappa shape index (κ1) is 18.8. The van der Waals surface area contributed by atoms with Gasteiger partial charge in [0.2, 0.25) is 11.8 Å². The molecule has 1 amide bonds. The highest BCUT2D eigenvalue weighted by molar-refractivity contribution is 8.00. The number of hydrogen-bond acceptors (Lipinski definition) is 5. The van der Waals surface area contributed by atoms with E-state index < -0.39 is 5.25 Å². The van der Waals surface area contributed by atoms with E-state index in [-0.39, 0.29) is 5.91 Å². The van der Waals surface area contributed by atoms with Gasteiger partial charge in [0, 0.05) is 10.6 Å². The van der Waals surface area contributed by atoms with Crippen molar-refractivity contribution in [2.75, 3.05) is 5.32 Å². The molecule has 3 aromatic rings. The molecule has 8 heteroatoms. The number of benzene rings is 2. The van der Waals surface area contributed by atoms with Crippen LogP contribution < -0.4 is 5.32 Å². The van der Waals surface area contributed by atoms with Crippen LogP contribution in [0.5, 0.6) is 0 Å². The predicted molar refractivity (Wildman–Crippen MR) is 105 cm³/mol. The van der Waals surface area contributed by atoms with Crippen molar-refractivity contribution in [2.24, 2.45) is 0 Å². The summed E-state index contributed by atoms with van der Waals surface area (Å²) in [6.45, 7) is 3.76. The summed E-state index contributed by atoms with van der Waals surface area (Å²) in [4.78, 5) is 12.4. The van der Waals surface area contributed by atoms with E-state index in [0.29, 0.717) is 26.8 Å². The maximum absolute atomic E-state index is 12.4. The van der Waals surface area contributed by atoms with E-state index in [2.05, 4.69) is 15.5 Å². The molecule has 2 aromatic carbocycles. The van der Waals surface area contributed by atoms with Crippen molar-refractivity contribution in [1.82, 2.24) is 10.2 Å². The maximum Gasteiger partial charge on any atom is 0.277 e. The Balaban J connectivity index is 1.65. The van der Waals surface area contributed by atoms with Gasteiger partial charge in [-0.2, -0.15) is 0 Å². The van der Waals surface area contributed by atoms with Crippen LogP contribution in [0.1, 0.15) is 12.5 Å². The fraction of sp³-hybridized carbons (Fsp3) is 0.167. The SMILES string of the molecule is Cc1ccc(-c2nnc(S[C@H](C)C(=O)Nc3ccc(Cl)cc3Cl)o2)cc1. The van der Waals surface area contributed by atoms with E-state index in [4.69, 9.17) is 27.6 Å². The minimum atomic E-state index is -0.451. The minimum absolute atomic E-state index is 0.227. The fourth-order valence-corrected chi connectivity index (χ4v) is 3.24. The van der Waals surface area contributed by atoms with Gasteiger partial charge >= 0.3 is 0 Å². The van der Waals surface area contributed by atoms with E-state index in [0.717, 1.165) is 11.1 Å². The summed E-state index contributed by atoms with van der Waals surface area (Å²) in [5.74, 6) is 0.190. The Morgan fingerprint density at radius 2 is 1.88 bits per heavy atom. The number of aromatic nitrogens is 2. The Labute approximate surface area is 165 Å². The number of thioether (sulfide) groups is 1. The summed E-state index contributed by atoms with van der Waals surface area (Å²) in [6.07, 6.45) is 0. The van der Waals surface area contributed by atoms with Crippen LogP contribution in [-0.4, -0.2) is 21.4 Å². The smallest absolute Gasteiger partial charge is 0.277 e. The third-order valence-electron chi connectivity index (χ3n) is 3.54. The van der Waals surface area contributed by atoms with Gasteiger partial charge < -0.3 is 9.73 Å². The predicted octanol–water partition coefficient (Wildman–Crippen LogP) is 5.47. The Morgan fingerprint density at radius 3 is 2.58 bits per heavy atom. The van der Waals surface area contributed by atoms with Crippen LogP contribution in [0.15, 0.2) is 52.1 Å². The second kappa shape index (κ2) is 8.12. The molecular formula is C18H15Cl2N3O2S. The normalized spacial score (nSPS) is 12.0. The Bertz CT molecular complexity index is 928. The minimum Gasteiger partial charge on any atom is -0.411 e. The summed E-state index contributed by atoms with van der Waals surface area (Å²) < 4.78 is 5.64.